The molecule has 1 aliphatic heterocycles. The smallest absolute Gasteiger partial charge is 0.186 e. The summed E-state index contributed by atoms with van der Waals surface area (Å²) in [6.45, 7) is 0. The number of hydrogen-bond acceptors (Lipinski definition) is 1. The molecule has 2 aromatic rings. The van der Waals surface area contributed by atoms with Gasteiger partial charge in [-0.15, -0.1) is 0 Å². The SMILES string of the molecule is Brc1c(Br)c(Br)c(-c2c(Br)c(Br)c(Br)c3c2O3)c(Br)c1Br. The van der Waals surface area contributed by atoms with Crippen molar-refractivity contribution in [2.75, 3.05) is 0 Å². The number of fused-ring (bicyclic) bond motifs is 1. The molecule has 0 bridgehead atoms. The lowest BCUT2D eigenvalue weighted by Gasteiger charge is -2.14. The van der Waals surface area contributed by atoms with E-state index in [1.165, 1.54) is 0 Å². The van der Waals surface area contributed by atoms with Crippen LogP contribution in [0.25, 0.3) is 11.1 Å². The van der Waals surface area contributed by atoms with Crippen molar-refractivity contribution in [1.29, 1.82) is 0 Å². The number of ether oxygens (including phenoxy) is 1. The zero-order valence-electron chi connectivity index (χ0n) is 9.43. The Morgan fingerprint density at radius 3 is 1.29 bits per heavy atom. The van der Waals surface area contributed by atoms with Crippen LogP contribution in [0.15, 0.2) is 35.8 Å². The average Bonchev–Trinajstić information content (AvgIpc) is 3.24. The van der Waals surface area contributed by atoms with E-state index in [2.05, 4.69) is 127 Å². The van der Waals surface area contributed by atoms with Gasteiger partial charge in [0.2, 0.25) is 0 Å². The van der Waals surface area contributed by atoms with Crippen LogP contribution in [0.5, 0.6) is 11.5 Å². The minimum absolute atomic E-state index is 0.856. The average molecular weight is 799 g/mol. The molecule has 0 radical (unpaired) electrons. The van der Waals surface area contributed by atoms with Gasteiger partial charge in [0, 0.05) is 38.0 Å². The van der Waals surface area contributed by atoms with E-state index in [0.29, 0.717) is 0 Å². The number of benzene rings is 2. The van der Waals surface area contributed by atoms with Crippen molar-refractivity contribution in [3.8, 4) is 22.6 Å². The summed E-state index contributed by atoms with van der Waals surface area (Å²) in [6.07, 6.45) is 0. The first-order chi connectivity index (χ1) is 9.77. The predicted molar refractivity (Wildman–Crippen MR) is 114 cm³/mol. The van der Waals surface area contributed by atoms with Crippen LogP contribution < -0.4 is 4.74 Å². The van der Waals surface area contributed by atoms with E-state index in [9.17, 15) is 0 Å². The summed E-state index contributed by atoms with van der Waals surface area (Å²) < 4.78 is 13.0. The minimum Gasteiger partial charge on any atom is -0.447 e. The third kappa shape index (κ3) is 2.83. The molecule has 0 fully saturated rings. The molecule has 21 heavy (non-hydrogen) atoms. The summed E-state index contributed by atoms with van der Waals surface area (Å²) in [7, 11) is 0. The van der Waals surface area contributed by atoms with E-state index in [1.807, 2.05) is 0 Å². The van der Waals surface area contributed by atoms with Crippen LogP contribution in [0.1, 0.15) is 0 Å². The Kier molecular flexibility index (Phi) is 5.47. The van der Waals surface area contributed by atoms with Gasteiger partial charge in [0.15, 0.2) is 11.5 Å². The van der Waals surface area contributed by atoms with E-state index >= 15 is 0 Å². The highest BCUT2D eigenvalue weighted by Gasteiger charge is 2.36. The normalized spacial score (nSPS) is 12.2. The standard InChI is InChI=1S/C12Br8O/c13-3-1(4(14)7(17)9(19)6(3)16)2-5(15)8(18)10(20)12-11(2)21-12. The van der Waals surface area contributed by atoms with Crippen molar-refractivity contribution in [3.05, 3.63) is 35.8 Å². The highest BCUT2D eigenvalue weighted by Crippen LogP contribution is 2.64. The Balaban J connectivity index is 2.43. The van der Waals surface area contributed by atoms with Crippen molar-refractivity contribution in [2.45, 2.75) is 0 Å². The molecule has 0 spiro atoms. The zero-order chi connectivity index (χ0) is 15.6. The van der Waals surface area contributed by atoms with Crippen LogP contribution >= 0.6 is 127 Å². The topological polar surface area (TPSA) is 12.5 Å². The van der Waals surface area contributed by atoms with Crippen LogP contribution in [0.2, 0.25) is 0 Å². The van der Waals surface area contributed by atoms with Crippen molar-refractivity contribution >= 4 is 127 Å². The lowest BCUT2D eigenvalue weighted by Crippen LogP contribution is -1.89. The lowest BCUT2D eigenvalue weighted by molar-refractivity contribution is 0.648. The summed E-state index contributed by atoms with van der Waals surface area (Å²) in [5.74, 6) is 1.72. The molecule has 0 aromatic heterocycles. The van der Waals surface area contributed by atoms with Gasteiger partial charge in [-0.2, -0.15) is 0 Å². The molecule has 110 valence electrons. The van der Waals surface area contributed by atoms with Gasteiger partial charge in [-0.25, -0.2) is 0 Å². The van der Waals surface area contributed by atoms with Gasteiger partial charge >= 0.3 is 0 Å². The molecule has 0 aliphatic carbocycles. The van der Waals surface area contributed by atoms with E-state index < -0.39 is 0 Å². The fourth-order valence-electron chi connectivity index (χ4n) is 1.84. The van der Waals surface area contributed by atoms with Crippen LogP contribution in [0.3, 0.4) is 0 Å². The minimum atomic E-state index is 0.856. The summed E-state index contributed by atoms with van der Waals surface area (Å²) in [4.78, 5) is 0. The van der Waals surface area contributed by atoms with Gasteiger partial charge in [-0.05, 0) is 127 Å². The van der Waals surface area contributed by atoms with Gasteiger partial charge in [0.25, 0.3) is 0 Å². The monoisotopic (exact) mass is 791 g/mol. The van der Waals surface area contributed by atoms with E-state index in [4.69, 9.17) is 4.74 Å². The summed E-state index contributed by atoms with van der Waals surface area (Å²) >= 11 is 28.8. The van der Waals surface area contributed by atoms with Crippen molar-refractivity contribution < 1.29 is 4.74 Å². The Hall–Kier alpha value is 2.08. The molecule has 1 nitrogen and oxygen atoms in total. The lowest BCUT2D eigenvalue weighted by atomic mass is 10.1. The maximum atomic E-state index is 5.64. The Labute approximate surface area is 188 Å². The molecule has 2 aromatic carbocycles. The molecule has 0 saturated heterocycles. The van der Waals surface area contributed by atoms with Gasteiger partial charge in [-0.1, -0.05) is 0 Å². The van der Waals surface area contributed by atoms with E-state index in [0.717, 1.165) is 58.4 Å². The second kappa shape index (κ2) is 6.42. The quantitative estimate of drug-likeness (QED) is 0.136. The Morgan fingerprint density at radius 1 is 0.381 bits per heavy atom. The maximum Gasteiger partial charge on any atom is 0.186 e. The van der Waals surface area contributed by atoms with E-state index in [1.54, 1.807) is 0 Å². The summed E-state index contributed by atoms with van der Waals surface area (Å²) in [5.41, 5.74) is 1.97. The van der Waals surface area contributed by atoms with Crippen LogP contribution in [-0.2, 0) is 0 Å². The molecular weight excluding hydrogens is 799 g/mol. The summed E-state index contributed by atoms with van der Waals surface area (Å²) in [6, 6.07) is 0. The predicted octanol–water partition coefficient (Wildman–Crippen LogP) is 9.56. The van der Waals surface area contributed by atoms with Crippen molar-refractivity contribution in [3.63, 3.8) is 0 Å². The fraction of sp³-hybridized carbons (Fsp3) is 0. The highest BCUT2D eigenvalue weighted by molar-refractivity contribution is 9.16. The molecule has 3 rings (SSSR count). The third-order valence-corrected chi connectivity index (χ3v) is 12.4. The molecular formula is C12Br8O. The molecule has 0 atom stereocenters. The zero-order valence-corrected chi connectivity index (χ0v) is 22.1. The molecule has 0 unspecified atom stereocenters. The second-order valence-corrected chi connectivity index (χ2v) is 10.4. The Bertz CT molecular complexity index is 785. The largest absolute Gasteiger partial charge is 0.447 e. The second-order valence-electron chi connectivity index (χ2n) is 4.02. The molecule has 0 saturated carbocycles. The van der Waals surface area contributed by atoms with Crippen molar-refractivity contribution in [1.82, 2.24) is 0 Å². The maximum absolute atomic E-state index is 5.64. The number of halogens is 8. The van der Waals surface area contributed by atoms with Crippen molar-refractivity contribution in [2.24, 2.45) is 0 Å². The molecule has 0 amide bonds. The van der Waals surface area contributed by atoms with Gasteiger partial charge in [0.05, 0.1) is 8.95 Å². The molecule has 0 N–H and O–H groups in total. The van der Waals surface area contributed by atoms with Crippen LogP contribution in [0, 0.1) is 0 Å². The number of hydrogen-bond donors (Lipinski definition) is 0. The first-order valence-corrected chi connectivity index (χ1v) is 11.5. The highest BCUT2D eigenvalue weighted by atomic mass is 79.9. The van der Waals surface area contributed by atoms with Gasteiger partial charge < -0.3 is 4.74 Å². The third-order valence-electron chi connectivity index (χ3n) is 2.86. The summed E-state index contributed by atoms with van der Waals surface area (Å²) in [5, 5.41) is 0. The molecule has 1 aliphatic rings. The number of rotatable bonds is 1. The Morgan fingerprint density at radius 2 is 0.762 bits per heavy atom. The van der Waals surface area contributed by atoms with Gasteiger partial charge in [0.1, 0.15) is 0 Å². The van der Waals surface area contributed by atoms with Crippen LogP contribution in [0.4, 0.5) is 0 Å². The van der Waals surface area contributed by atoms with Crippen LogP contribution in [-0.4, -0.2) is 0 Å². The molecule has 9 heteroatoms. The van der Waals surface area contributed by atoms with Gasteiger partial charge in [-0.3, -0.25) is 0 Å². The fourth-order valence-corrected chi connectivity index (χ4v) is 6.96. The first-order valence-electron chi connectivity index (χ1n) is 5.17. The van der Waals surface area contributed by atoms with E-state index in [-0.39, 0.29) is 0 Å². The first kappa shape index (κ1) is 17.9. The molecule has 1 heterocycles.